The van der Waals surface area contributed by atoms with Crippen molar-refractivity contribution in [3.05, 3.63) is 0 Å². The summed E-state index contributed by atoms with van der Waals surface area (Å²) in [7, 11) is 0. The molecule has 1 rings (SSSR count). The van der Waals surface area contributed by atoms with Crippen molar-refractivity contribution in [3.8, 4) is 0 Å². The molecular formula is C12H25NO. The van der Waals surface area contributed by atoms with Crippen molar-refractivity contribution < 1.29 is 5.11 Å². The fourth-order valence-corrected chi connectivity index (χ4v) is 2.77. The van der Waals surface area contributed by atoms with Crippen molar-refractivity contribution in [2.24, 2.45) is 0 Å². The normalized spacial score (nSPS) is 18.6. The molecule has 0 spiro atoms. The van der Waals surface area contributed by atoms with Crippen LogP contribution in [0.2, 0.25) is 0 Å². The molecule has 0 aromatic heterocycles. The average molecular weight is 199 g/mol. The largest absolute Gasteiger partial charge is 0.395 e. The van der Waals surface area contributed by atoms with Crippen LogP contribution in [0.4, 0.5) is 0 Å². The molecule has 2 heteroatoms. The lowest BCUT2D eigenvalue weighted by Crippen LogP contribution is -2.43. The Hall–Kier alpha value is -0.0800. The molecule has 1 fully saturated rings. The summed E-state index contributed by atoms with van der Waals surface area (Å²) in [6.45, 7) is 5.70. The Morgan fingerprint density at radius 3 is 2.21 bits per heavy atom. The van der Waals surface area contributed by atoms with Gasteiger partial charge in [-0.25, -0.2) is 0 Å². The van der Waals surface area contributed by atoms with Gasteiger partial charge in [0.15, 0.2) is 0 Å². The van der Waals surface area contributed by atoms with Gasteiger partial charge in [-0.1, -0.05) is 26.7 Å². The number of hydrogen-bond donors (Lipinski definition) is 1. The molecule has 1 aliphatic carbocycles. The van der Waals surface area contributed by atoms with Crippen LogP contribution in [0.3, 0.4) is 0 Å². The number of rotatable bonds is 6. The second-order valence-electron chi connectivity index (χ2n) is 4.37. The zero-order chi connectivity index (χ0) is 10.4. The predicted molar refractivity (Wildman–Crippen MR) is 60.4 cm³/mol. The number of hydrogen-bond acceptors (Lipinski definition) is 2. The molecule has 14 heavy (non-hydrogen) atoms. The van der Waals surface area contributed by atoms with E-state index in [-0.39, 0.29) is 0 Å². The van der Waals surface area contributed by atoms with Crippen molar-refractivity contribution >= 4 is 0 Å². The third-order valence-electron chi connectivity index (χ3n) is 3.56. The van der Waals surface area contributed by atoms with Crippen LogP contribution in [0, 0.1) is 0 Å². The van der Waals surface area contributed by atoms with Gasteiger partial charge in [0.25, 0.3) is 0 Å². The van der Waals surface area contributed by atoms with Crippen LogP contribution in [-0.2, 0) is 0 Å². The molecule has 0 heterocycles. The standard InChI is InChI=1S/C12H25NO/c1-3-11(4-2)13(9-10-14)12-7-5-6-8-12/h11-12,14H,3-10H2,1-2H3. The van der Waals surface area contributed by atoms with Gasteiger partial charge in [-0.15, -0.1) is 0 Å². The average Bonchev–Trinajstić information content (AvgIpc) is 2.71. The minimum Gasteiger partial charge on any atom is -0.395 e. The Morgan fingerprint density at radius 2 is 1.79 bits per heavy atom. The van der Waals surface area contributed by atoms with E-state index in [1.807, 2.05) is 0 Å². The Bertz CT molecular complexity index is 137. The van der Waals surface area contributed by atoms with Gasteiger partial charge >= 0.3 is 0 Å². The van der Waals surface area contributed by atoms with Crippen LogP contribution < -0.4 is 0 Å². The third-order valence-corrected chi connectivity index (χ3v) is 3.56. The summed E-state index contributed by atoms with van der Waals surface area (Å²) in [4.78, 5) is 2.55. The lowest BCUT2D eigenvalue weighted by molar-refractivity contribution is 0.0988. The second kappa shape index (κ2) is 6.41. The first kappa shape index (κ1) is 12.0. The van der Waals surface area contributed by atoms with Gasteiger partial charge < -0.3 is 5.11 Å². The highest BCUT2D eigenvalue weighted by Crippen LogP contribution is 2.26. The summed E-state index contributed by atoms with van der Waals surface area (Å²) < 4.78 is 0. The van der Waals surface area contributed by atoms with E-state index >= 15 is 0 Å². The Kier molecular flexibility index (Phi) is 5.49. The second-order valence-corrected chi connectivity index (χ2v) is 4.37. The topological polar surface area (TPSA) is 23.5 Å². The van der Waals surface area contributed by atoms with Gasteiger partial charge in [0.1, 0.15) is 0 Å². The van der Waals surface area contributed by atoms with Gasteiger partial charge in [0, 0.05) is 18.6 Å². The molecule has 0 aliphatic heterocycles. The third kappa shape index (κ3) is 2.96. The molecule has 0 saturated heterocycles. The lowest BCUT2D eigenvalue weighted by atomic mass is 10.1. The van der Waals surface area contributed by atoms with Crippen molar-refractivity contribution in [3.63, 3.8) is 0 Å². The quantitative estimate of drug-likeness (QED) is 0.710. The van der Waals surface area contributed by atoms with Gasteiger partial charge in [-0.05, 0) is 25.7 Å². The van der Waals surface area contributed by atoms with Gasteiger partial charge in [0.05, 0.1) is 6.61 Å². The Balaban J connectivity index is 2.51. The molecule has 0 aromatic rings. The predicted octanol–water partition coefficient (Wildman–Crippen LogP) is 2.41. The maximum absolute atomic E-state index is 9.10. The summed E-state index contributed by atoms with van der Waals surface area (Å²) in [5, 5.41) is 9.10. The van der Waals surface area contributed by atoms with Crippen molar-refractivity contribution in [1.29, 1.82) is 0 Å². The first-order valence-electron chi connectivity index (χ1n) is 6.20. The molecule has 0 radical (unpaired) electrons. The monoisotopic (exact) mass is 199 g/mol. The first-order valence-corrected chi connectivity index (χ1v) is 6.20. The molecule has 1 N–H and O–H groups in total. The number of nitrogens with zero attached hydrogens (tertiary/aromatic N) is 1. The van der Waals surface area contributed by atoms with E-state index in [4.69, 9.17) is 5.11 Å². The van der Waals surface area contributed by atoms with Crippen LogP contribution >= 0.6 is 0 Å². The minimum atomic E-state index is 0.312. The molecule has 0 aromatic carbocycles. The van der Waals surface area contributed by atoms with Gasteiger partial charge in [-0.3, -0.25) is 4.90 Å². The molecule has 0 amide bonds. The van der Waals surface area contributed by atoms with Crippen LogP contribution in [0.25, 0.3) is 0 Å². The van der Waals surface area contributed by atoms with Gasteiger partial charge in [-0.2, -0.15) is 0 Å². The SMILES string of the molecule is CCC(CC)N(CCO)C1CCCC1. The molecule has 1 saturated carbocycles. The van der Waals surface area contributed by atoms with Crippen molar-refractivity contribution in [2.45, 2.75) is 64.5 Å². The zero-order valence-electron chi connectivity index (χ0n) is 9.71. The molecule has 1 aliphatic rings. The summed E-state index contributed by atoms with van der Waals surface area (Å²) in [6.07, 6.45) is 7.88. The van der Waals surface area contributed by atoms with E-state index in [1.165, 1.54) is 38.5 Å². The summed E-state index contributed by atoms with van der Waals surface area (Å²) in [5.41, 5.74) is 0. The van der Waals surface area contributed by atoms with Crippen LogP contribution in [0.15, 0.2) is 0 Å². The highest BCUT2D eigenvalue weighted by molar-refractivity contribution is 4.81. The molecular weight excluding hydrogens is 174 g/mol. The smallest absolute Gasteiger partial charge is 0.0558 e. The maximum Gasteiger partial charge on any atom is 0.0558 e. The van der Waals surface area contributed by atoms with Crippen molar-refractivity contribution in [1.82, 2.24) is 4.90 Å². The van der Waals surface area contributed by atoms with Crippen LogP contribution in [0.5, 0.6) is 0 Å². The van der Waals surface area contributed by atoms with Crippen LogP contribution in [0.1, 0.15) is 52.4 Å². The minimum absolute atomic E-state index is 0.312. The Morgan fingerprint density at radius 1 is 1.21 bits per heavy atom. The number of aliphatic hydroxyl groups is 1. The van der Waals surface area contributed by atoms with E-state index in [2.05, 4.69) is 18.7 Å². The molecule has 0 bridgehead atoms. The van der Waals surface area contributed by atoms with Crippen molar-refractivity contribution in [2.75, 3.05) is 13.2 Å². The highest BCUT2D eigenvalue weighted by Gasteiger charge is 2.26. The Labute approximate surface area is 88.3 Å². The molecule has 0 unspecified atom stereocenters. The highest BCUT2D eigenvalue weighted by atomic mass is 16.3. The molecule has 0 atom stereocenters. The zero-order valence-corrected chi connectivity index (χ0v) is 9.71. The van der Waals surface area contributed by atoms with Gasteiger partial charge in [0.2, 0.25) is 0 Å². The van der Waals surface area contributed by atoms with E-state index in [9.17, 15) is 0 Å². The summed E-state index contributed by atoms with van der Waals surface area (Å²) in [5.74, 6) is 0. The fourth-order valence-electron chi connectivity index (χ4n) is 2.77. The first-order chi connectivity index (χ1) is 6.83. The maximum atomic E-state index is 9.10. The fraction of sp³-hybridized carbons (Fsp3) is 1.00. The lowest BCUT2D eigenvalue weighted by Gasteiger charge is -2.35. The van der Waals surface area contributed by atoms with Crippen LogP contribution in [-0.4, -0.2) is 35.2 Å². The molecule has 84 valence electrons. The number of aliphatic hydroxyl groups excluding tert-OH is 1. The summed E-state index contributed by atoms with van der Waals surface area (Å²) in [6, 6.07) is 1.44. The van der Waals surface area contributed by atoms with E-state index in [0.717, 1.165) is 12.6 Å². The summed E-state index contributed by atoms with van der Waals surface area (Å²) >= 11 is 0. The van der Waals surface area contributed by atoms with E-state index in [1.54, 1.807) is 0 Å². The molecule has 2 nitrogen and oxygen atoms in total. The van der Waals surface area contributed by atoms with E-state index in [0.29, 0.717) is 12.6 Å². The van der Waals surface area contributed by atoms with E-state index < -0.39 is 0 Å².